The Bertz CT molecular complexity index is 735. The SMILES string of the molecule is CCOCCOc1ccc(NC(=O)C2(c3ccc(C)cc3)CCCC2)cn1. The molecule has 1 aliphatic carbocycles. The number of aromatic nitrogens is 1. The van der Waals surface area contributed by atoms with Crippen LogP contribution in [0.1, 0.15) is 43.7 Å². The molecule has 1 fully saturated rings. The minimum Gasteiger partial charge on any atom is -0.475 e. The maximum absolute atomic E-state index is 13.2. The molecule has 1 N–H and O–H groups in total. The molecule has 1 aromatic carbocycles. The average Bonchev–Trinajstić information content (AvgIpc) is 3.18. The first-order valence-corrected chi connectivity index (χ1v) is 9.69. The van der Waals surface area contributed by atoms with Crippen LogP contribution in [-0.2, 0) is 14.9 Å². The fourth-order valence-electron chi connectivity index (χ4n) is 3.64. The van der Waals surface area contributed by atoms with E-state index in [0.717, 1.165) is 31.2 Å². The summed E-state index contributed by atoms with van der Waals surface area (Å²) in [5, 5.41) is 3.06. The lowest BCUT2D eigenvalue weighted by atomic mass is 9.77. The highest BCUT2D eigenvalue weighted by molar-refractivity contribution is 5.99. The van der Waals surface area contributed by atoms with Crippen molar-refractivity contribution < 1.29 is 14.3 Å². The Morgan fingerprint density at radius 1 is 1.11 bits per heavy atom. The van der Waals surface area contributed by atoms with Crippen molar-refractivity contribution in [2.75, 3.05) is 25.1 Å². The van der Waals surface area contributed by atoms with Crippen molar-refractivity contribution in [2.45, 2.75) is 44.9 Å². The third-order valence-electron chi connectivity index (χ3n) is 5.17. The van der Waals surface area contributed by atoms with Crippen LogP contribution >= 0.6 is 0 Å². The number of nitrogens with one attached hydrogen (secondary N) is 1. The third kappa shape index (κ3) is 4.66. The number of ether oxygens (including phenoxy) is 2. The van der Waals surface area contributed by atoms with Crippen LogP contribution in [0.3, 0.4) is 0 Å². The van der Waals surface area contributed by atoms with E-state index in [9.17, 15) is 4.79 Å². The van der Waals surface area contributed by atoms with Crippen molar-refractivity contribution in [1.82, 2.24) is 4.98 Å². The van der Waals surface area contributed by atoms with Crippen LogP contribution in [0.15, 0.2) is 42.6 Å². The number of hydrogen-bond donors (Lipinski definition) is 1. The van der Waals surface area contributed by atoms with Crippen molar-refractivity contribution >= 4 is 11.6 Å². The van der Waals surface area contributed by atoms with Gasteiger partial charge in [0.25, 0.3) is 0 Å². The summed E-state index contributed by atoms with van der Waals surface area (Å²) in [6.07, 6.45) is 5.56. The second-order valence-corrected chi connectivity index (χ2v) is 7.04. The first kappa shape index (κ1) is 19.4. The van der Waals surface area contributed by atoms with Gasteiger partial charge in [-0.05, 0) is 38.3 Å². The number of benzene rings is 1. The van der Waals surface area contributed by atoms with Crippen LogP contribution < -0.4 is 10.1 Å². The number of carbonyl (C=O) groups excluding carboxylic acids is 1. The normalized spacial score (nSPS) is 15.5. The summed E-state index contributed by atoms with van der Waals surface area (Å²) in [7, 11) is 0. The number of nitrogens with zero attached hydrogens (tertiary/aromatic N) is 1. The van der Waals surface area contributed by atoms with E-state index in [1.165, 1.54) is 5.56 Å². The Morgan fingerprint density at radius 3 is 2.48 bits per heavy atom. The molecule has 5 heteroatoms. The molecule has 2 aromatic rings. The fraction of sp³-hybridized carbons (Fsp3) is 0.455. The molecule has 27 heavy (non-hydrogen) atoms. The molecule has 5 nitrogen and oxygen atoms in total. The van der Waals surface area contributed by atoms with Gasteiger partial charge in [-0.15, -0.1) is 0 Å². The summed E-state index contributed by atoms with van der Waals surface area (Å²) >= 11 is 0. The summed E-state index contributed by atoms with van der Waals surface area (Å²) in [5.41, 5.74) is 2.55. The molecule has 1 amide bonds. The van der Waals surface area contributed by atoms with Gasteiger partial charge in [0, 0.05) is 12.7 Å². The molecule has 0 saturated heterocycles. The number of anilines is 1. The number of hydrogen-bond acceptors (Lipinski definition) is 4. The Hall–Kier alpha value is -2.40. The Kier molecular flexibility index (Phi) is 6.45. The number of aryl methyl sites for hydroxylation is 1. The second-order valence-electron chi connectivity index (χ2n) is 7.04. The topological polar surface area (TPSA) is 60.5 Å². The van der Waals surface area contributed by atoms with Gasteiger partial charge in [-0.2, -0.15) is 0 Å². The second kappa shape index (κ2) is 9.00. The van der Waals surface area contributed by atoms with E-state index >= 15 is 0 Å². The Balaban J connectivity index is 1.66. The molecular weight excluding hydrogens is 340 g/mol. The van der Waals surface area contributed by atoms with Gasteiger partial charge >= 0.3 is 0 Å². The largest absolute Gasteiger partial charge is 0.475 e. The lowest BCUT2D eigenvalue weighted by molar-refractivity contribution is -0.121. The molecule has 0 unspecified atom stereocenters. The Morgan fingerprint density at radius 2 is 1.85 bits per heavy atom. The van der Waals surface area contributed by atoms with Crippen molar-refractivity contribution in [2.24, 2.45) is 0 Å². The molecule has 1 aliphatic rings. The van der Waals surface area contributed by atoms with E-state index in [-0.39, 0.29) is 5.91 Å². The lowest BCUT2D eigenvalue weighted by Crippen LogP contribution is -2.38. The smallest absolute Gasteiger partial charge is 0.235 e. The van der Waals surface area contributed by atoms with Crippen molar-refractivity contribution in [3.63, 3.8) is 0 Å². The highest BCUT2D eigenvalue weighted by Gasteiger charge is 2.42. The highest BCUT2D eigenvalue weighted by atomic mass is 16.5. The van der Waals surface area contributed by atoms with Crippen molar-refractivity contribution in [3.8, 4) is 5.88 Å². The first-order valence-electron chi connectivity index (χ1n) is 9.69. The van der Waals surface area contributed by atoms with Gasteiger partial charge in [-0.1, -0.05) is 42.7 Å². The van der Waals surface area contributed by atoms with E-state index < -0.39 is 5.41 Å². The van der Waals surface area contributed by atoms with Gasteiger partial charge in [0.15, 0.2) is 0 Å². The average molecular weight is 368 g/mol. The maximum atomic E-state index is 13.2. The fourth-order valence-corrected chi connectivity index (χ4v) is 3.64. The highest BCUT2D eigenvalue weighted by Crippen LogP contribution is 2.42. The molecule has 0 atom stereocenters. The zero-order valence-electron chi connectivity index (χ0n) is 16.2. The van der Waals surface area contributed by atoms with E-state index in [1.54, 1.807) is 12.3 Å². The number of rotatable bonds is 8. The molecule has 1 saturated carbocycles. The summed E-state index contributed by atoms with van der Waals surface area (Å²) in [4.78, 5) is 17.4. The van der Waals surface area contributed by atoms with Crippen molar-refractivity contribution in [1.29, 1.82) is 0 Å². The molecule has 0 radical (unpaired) electrons. The molecule has 1 heterocycles. The Labute approximate surface area is 161 Å². The van der Waals surface area contributed by atoms with Crippen LogP contribution in [-0.4, -0.2) is 30.7 Å². The monoisotopic (exact) mass is 368 g/mol. The zero-order valence-corrected chi connectivity index (χ0v) is 16.2. The van der Waals surface area contributed by atoms with Crippen LogP contribution in [0.2, 0.25) is 0 Å². The molecule has 1 aromatic heterocycles. The van der Waals surface area contributed by atoms with Gasteiger partial charge < -0.3 is 14.8 Å². The number of carbonyl (C=O) groups is 1. The minimum atomic E-state index is -0.444. The number of amides is 1. The van der Waals surface area contributed by atoms with Gasteiger partial charge in [-0.25, -0.2) is 4.98 Å². The van der Waals surface area contributed by atoms with Gasteiger partial charge in [0.1, 0.15) is 6.61 Å². The van der Waals surface area contributed by atoms with Crippen LogP contribution in [0.25, 0.3) is 0 Å². The van der Waals surface area contributed by atoms with E-state index in [1.807, 2.05) is 13.0 Å². The third-order valence-corrected chi connectivity index (χ3v) is 5.17. The van der Waals surface area contributed by atoms with Gasteiger partial charge in [0.2, 0.25) is 11.8 Å². The summed E-state index contributed by atoms with van der Waals surface area (Å²) in [6.45, 7) is 5.68. The molecular formula is C22H28N2O3. The van der Waals surface area contributed by atoms with Gasteiger partial charge in [0.05, 0.1) is 23.9 Å². The summed E-state index contributed by atoms with van der Waals surface area (Å²) < 4.78 is 10.8. The van der Waals surface area contributed by atoms with Crippen LogP contribution in [0.4, 0.5) is 5.69 Å². The van der Waals surface area contributed by atoms with Gasteiger partial charge in [-0.3, -0.25) is 4.79 Å². The minimum absolute atomic E-state index is 0.0515. The molecule has 0 bridgehead atoms. The maximum Gasteiger partial charge on any atom is 0.235 e. The molecule has 0 aliphatic heterocycles. The summed E-state index contributed by atoms with van der Waals surface area (Å²) in [6, 6.07) is 12.0. The molecule has 144 valence electrons. The molecule has 3 rings (SSSR count). The van der Waals surface area contributed by atoms with E-state index in [2.05, 4.69) is 41.5 Å². The quantitative estimate of drug-likeness (QED) is 0.708. The summed E-state index contributed by atoms with van der Waals surface area (Å²) in [5.74, 6) is 0.581. The standard InChI is InChI=1S/C22H28N2O3/c1-3-26-14-15-27-20-11-10-19(16-23-20)24-21(25)22(12-4-5-13-22)18-8-6-17(2)7-9-18/h6-11,16H,3-5,12-15H2,1-2H3,(H,24,25). The van der Waals surface area contributed by atoms with Crippen molar-refractivity contribution in [3.05, 3.63) is 53.7 Å². The number of pyridine rings is 1. The van der Waals surface area contributed by atoms with Crippen LogP contribution in [0, 0.1) is 6.92 Å². The predicted molar refractivity (Wildman–Crippen MR) is 106 cm³/mol. The predicted octanol–water partition coefficient (Wildman–Crippen LogP) is 4.26. The van der Waals surface area contributed by atoms with E-state index in [4.69, 9.17) is 9.47 Å². The first-order chi connectivity index (χ1) is 13.1. The zero-order chi connectivity index (χ0) is 19.1. The molecule has 0 spiro atoms. The van der Waals surface area contributed by atoms with E-state index in [0.29, 0.717) is 31.4 Å². The van der Waals surface area contributed by atoms with Crippen LogP contribution in [0.5, 0.6) is 5.88 Å². The lowest BCUT2D eigenvalue weighted by Gasteiger charge is -2.28.